The van der Waals surface area contributed by atoms with E-state index in [-0.39, 0.29) is 0 Å². The minimum atomic E-state index is 0.526. The maximum absolute atomic E-state index is 4.81. The third kappa shape index (κ3) is 4.27. The van der Waals surface area contributed by atoms with E-state index < -0.39 is 0 Å². The quantitative estimate of drug-likeness (QED) is 0.795. The van der Waals surface area contributed by atoms with E-state index in [2.05, 4.69) is 54.2 Å². The summed E-state index contributed by atoms with van der Waals surface area (Å²) in [4.78, 5) is 9.55. The van der Waals surface area contributed by atoms with Crippen LogP contribution in [0.5, 0.6) is 0 Å². The van der Waals surface area contributed by atoms with Crippen molar-refractivity contribution in [2.75, 3.05) is 27.2 Å². The van der Waals surface area contributed by atoms with Crippen LogP contribution >= 0.6 is 0 Å². The fourth-order valence-electron chi connectivity index (χ4n) is 4.13. The van der Waals surface area contributed by atoms with Gasteiger partial charge in [-0.25, -0.2) is 0 Å². The van der Waals surface area contributed by atoms with Crippen LogP contribution in [0.3, 0.4) is 0 Å². The highest BCUT2D eigenvalue weighted by atomic mass is 15.4. The predicted octanol–water partition coefficient (Wildman–Crippen LogP) is 3.80. The highest BCUT2D eigenvalue weighted by Gasteiger charge is 2.29. The van der Waals surface area contributed by atoms with E-state index in [9.17, 15) is 0 Å². The lowest BCUT2D eigenvalue weighted by atomic mass is 10.0. The number of aliphatic imine (C=N–C) groups is 1. The van der Waals surface area contributed by atoms with Crippen molar-refractivity contribution in [1.29, 1.82) is 0 Å². The fourth-order valence-corrected chi connectivity index (χ4v) is 4.13. The molecule has 3 nitrogen and oxygen atoms in total. The molecule has 1 aromatic rings. The van der Waals surface area contributed by atoms with Gasteiger partial charge in [0.2, 0.25) is 0 Å². The van der Waals surface area contributed by atoms with Gasteiger partial charge in [-0.1, -0.05) is 56.0 Å². The summed E-state index contributed by atoms with van der Waals surface area (Å²) < 4.78 is 0. The molecule has 0 aromatic heterocycles. The average molecular weight is 313 g/mol. The van der Waals surface area contributed by atoms with Crippen molar-refractivity contribution in [2.45, 2.75) is 51.0 Å². The molecule has 1 unspecified atom stereocenters. The molecule has 0 amide bonds. The van der Waals surface area contributed by atoms with Crippen LogP contribution in [0.1, 0.15) is 44.1 Å². The molecule has 3 rings (SSSR count). The lowest BCUT2D eigenvalue weighted by Crippen LogP contribution is -2.44. The van der Waals surface area contributed by atoms with Crippen LogP contribution in [0.15, 0.2) is 35.3 Å². The van der Waals surface area contributed by atoms with Crippen molar-refractivity contribution in [1.82, 2.24) is 9.80 Å². The standard InChI is InChI=1S/C20H31N3/c1-22(2)20-21-16-19(15-18-11-4-3-5-12-18)23(20)14-8-13-17-9-6-7-10-17/h3-5,11-12,17,19H,6-10,13-16H2,1-2H3. The lowest BCUT2D eigenvalue weighted by molar-refractivity contribution is 0.296. The van der Waals surface area contributed by atoms with Crippen molar-refractivity contribution >= 4 is 5.96 Å². The minimum Gasteiger partial charge on any atom is -0.349 e. The van der Waals surface area contributed by atoms with Crippen molar-refractivity contribution < 1.29 is 0 Å². The summed E-state index contributed by atoms with van der Waals surface area (Å²) >= 11 is 0. The highest BCUT2D eigenvalue weighted by Crippen LogP contribution is 2.29. The minimum absolute atomic E-state index is 0.526. The number of benzene rings is 1. The summed E-state index contributed by atoms with van der Waals surface area (Å²) in [6.45, 7) is 2.09. The van der Waals surface area contributed by atoms with E-state index in [0.29, 0.717) is 6.04 Å². The number of guanidine groups is 1. The molecule has 1 atom stereocenters. The molecule has 0 spiro atoms. The topological polar surface area (TPSA) is 18.8 Å². The van der Waals surface area contributed by atoms with Crippen LogP contribution in [0.2, 0.25) is 0 Å². The third-order valence-corrected chi connectivity index (χ3v) is 5.34. The molecular formula is C20H31N3. The van der Waals surface area contributed by atoms with E-state index in [1.165, 1.54) is 50.0 Å². The van der Waals surface area contributed by atoms with Crippen LogP contribution in [0.4, 0.5) is 0 Å². The summed E-state index contributed by atoms with van der Waals surface area (Å²) in [6, 6.07) is 11.4. The van der Waals surface area contributed by atoms with Gasteiger partial charge in [-0.3, -0.25) is 4.99 Å². The second-order valence-corrected chi connectivity index (χ2v) is 7.36. The SMILES string of the molecule is CN(C)C1=NCC(Cc2ccccc2)N1CCCC1CCCC1. The average Bonchev–Trinajstić information content (AvgIpc) is 3.19. The Morgan fingerprint density at radius 1 is 1.13 bits per heavy atom. The third-order valence-electron chi connectivity index (χ3n) is 5.34. The molecule has 1 saturated carbocycles. The van der Waals surface area contributed by atoms with Crippen molar-refractivity contribution in [3.63, 3.8) is 0 Å². The van der Waals surface area contributed by atoms with Gasteiger partial charge in [-0.15, -0.1) is 0 Å². The fraction of sp³-hybridized carbons (Fsp3) is 0.650. The summed E-state index contributed by atoms with van der Waals surface area (Å²) in [5.74, 6) is 2.17. The summed E-state index contributed by atoms with van der Waals surface area (Å²) in [7, 11) is 4.24. The molecule has 2 aliphatic rings. The van der Waals surface area contributed by atoms with E-state index in [1.54, 1.807) is 0 Å². The molecule has 0 radical (unpaired) electrons. The van der Waals surface area contributed by atoms with E-state index in [1.807, 2.05) is 0 Å². The number of hydrogen-bond donors (Lipinski definition) is 0. The zero-order chi connectivity index (χ0) is 16.1. The molecule has 23 heavy (non-hydrogen) atoms. The Balaban J connectivity index is 1.57. The van der Waals surface area contributed by atoms with Crippen LogP contribution in [0.25, 0.3) is 0 Å². The maximum atomic E-state index is 4.81. The summed E-state index contributed by atoms with van der Waals surface area (Å²) in [6.07, 6.45) is 9.64. The molecule has 3 heteroatoms. The molecule has 1 aliphatic heterocycles. The lowest BCUT2D eigenvalue weighted by Gasteiger charge is -2.31. The van der Waals surface area contributed by atoms with Crippen LogP contribution in [-0.2, 0) is 6.42 Å². The van der Waals surface area contributed by atoms with Gasteiger partial charge in [0.15, 0.2) is 5.96 Å². The predicted molar refractivity (Wildman–Crippen MR) is 97.8 cm³/mol. The molecule has 126 valence electrons. The van der Waals surface area contributed by atoms with Crippen molar-refractivity contribution in [3.8, 4) is 0 Å². The smallest absolute Gasteiger partial charge is 0.196 e. The number of rotatable bonds is 6. The molecule has 0 saturated heterocycles. The normalized spacial score (nSPS) is 21.7. The van der Waals surface area contributed by atoms with Gasteiger partial charge in [0.1, 0.15) is 0 Å². The monoisotopic (exact) mass is 313 g/mol. The Labute approximate surface area is 141 Å². The Morgan fingerprint density at radius 2 is 1.87 bits per heavy atom. The van der Waals surface area contributed by atoms with E-state index >= 15 is 0 Å². The van der Waals surface area contributed by atoms with Crippen LogP contribution < -0.4 is 0 Å². The van der Waals surface area contributed by atoms with E-state index in [4.69, 9.17) is 4.99 Å². The summed E-state index contributed by atoms with van der Waals surface area (Å²) in [5, 5.41) is 0. The summed E-state index contributed by atoms with van der Waals surface area (Å²) in [5.41, 5.74) is 1.42. The Hall–Kier alpha value is -1.51. The van der Waals surface area contributed by atoms with Gasteiger partial charge in [0.05, 0.1) is 12.6 Å². The Morgan fingerprint density at radius 3 is 2.57 bits per heavy atom. The van der Waals surface area contributed by atoms with Gasteiger partial charge >= 0.3 is 0 Å². The molecule has 0 N–H and O–H groups in total. The molecular weight excluding hydrogens is 282 g/mol. The van der Waals surface area contributed by atoms with Gasteiger partial charge in [0.25, 0.3) is 0 Å². The van der Waals surface area contributed by atoms with Gasteiger partial charge in [0, 0.05) is 20.6 Å². The molecule has 0 bridgehead atoms. The molecule has 1 aromatic carbocycles. The maximum Gasteiger partial charge on any atom is 0.196 e. The van der Waals surface area contributed by atoms with Crippen LogP contribution in [0, 0.1) is 5.92 Å². The van der Waals surface area contributed by atoms with Crippen molar-refractivity contribution in [3.05, 3.63) is 35.9 Å². The highest BCUT2D eigenvalue weighted by molar-refractivity contribution is 5.81. The Kier molecular flexibility index (Phi) is 5.58. The first-order valence-corrected chi connectivity index (χ1v) is 9.26. The zero-order valence-electron chi connectivity index (χ0n) is 14.7. The van der Waals surface area contributed by atoms with Crippen LogP contribution in [-0.4, -0.2) is 49.0 Å². The molecule has 1 fully saturated rings. The first-order valence-electron chi connectivity index (χ1n) is 9.26. The second-order valence-electron chi connectivity index (χ2n) is 7.36. The molecule has 1 aliphatic carbocycles. The Bertz CT molecular complexity index is 503. The zero-order valence-corrected chi connectivity index (χ0v) is 14.7. The van der Waals surface area contributed by atoms with Gasteiger partial charge in [-0.2, -0.15) is 0 Å². The van der Waals surface area contributed by atoms with Crippen molar-refractivity contribution in [2.24, 2.45) is 10.9 Å². The molecule has 1 heterocycles. The van der Waals surface area contributed by atoms with Gasteiger partial charge in [-0.05, 0) is 30.7 Å². The second kappa shape index (κ2) is 7.85. The first-order chi connectivity index (χ1) is 11.2. The first kappa shape index (κ1) is 16.4. The number of nitrogens with zero attached hydrogens (tertiary/aromatic N) is 3. The van der Waals surface area contributed by atoms with E-state index in [0.717, 1.165) is 25.4 Å². The number of hydrogen-bond acceptors (Lipinski definition) is 3. The largest absolute Gasteiger partial charge is 0.349 e. The van der Waals surface area contributed by atoms with Gasteiger partial charge < -0.3 is 9.80 Å².